The highest BCUT2D eigenvalue weighted by Gasteiger charge is 2.19. The molecule has 0 radical (unpaired) electrons. The number of unbranched alkanes of at least 4 members (excludes halogenated alkanes) is 34. The molecular formula is C52H100O6. The van der Waals surface area contributed by atoms with Crippen LogP contribution in [0.5, 0.6) is 0 Å². The van der Waals surface area contributed by atoms with Crippen LogP contribution in [-0.2, 0) is 28.6 Å². The first-order valence-corrected chi connectivity index (χ1v) is 25.9. The Bertz CT molecular complexity index is 872. The van der Waals surface area contributed by atoms with Crippen molar-refractivity contribution in [3.05, 3.63) is 0 Å². The summed E-state index contributed by atoms with van der Waals surface area (Å²) in [5, 5.41) is 0. The number of rotatable bonds is 47. The van der Waals surface area contributed by atoms with E-state index in [4.69, 9.17) is 14.2 Å². The molecule has 0 aromatic rings. The molecule has 0 rings (SSSR count). The first-order chi connectivity index (χ1) is 28.4. The van der Waals surface area contributed by atoms with Crippen LogP contribution in [0.3, 0.4) is 0 Å². The largest absolute Gasteiger partial charge is 0.462 e. The van der Waals surface area contributed by atoms with E-state index in [0.29, 0.717) is 19.3 Å². The molecule has 0 aliphatic carbocycles. The SMILES string of the molecule is CCCCCCCCCCCCCCCCCC(=O)OC[C@@H](COC(=O)CCCCCCCCCCC)OC(=O)CCCCCCCCCCCCCCCC(C)C. The molecule has 0 amide bonds. The molecule has 0 unspecified atom stereocenters. The third kappa shape index (κ3) is 45.5. The van der Waals surface area contributed by atoms with Gasteiger partial charge in [-0.15, -0.1) is 0 Å². The summed E-state index contributed by atoms with van der Waals surface area (Å²) in [7, 11) is 0. The lowest BCUT2D eigenvalue weighted by molar-refractivity contribution is -0.167. The molecule has 0 N–H and O–H groups in total. The monoisotopic (exact) mass is 821 g/mol. The summed E-state index contributed by atoms with van der Waals surface area (Å²) in [6.07, 6.45) is 48.0. The van der Waals surface area contributed by atoms with Gasteiger partial charge in [0, 0.05) is 19.3 Å². The second-order valence-corrected chi connectivity index (χ2v) is 18.3. The van der Waals surface area contributed by atoms with Crippen LogP contribution in [0.2, 0.25) is 0 Å². The molecule has 58 heavy (non-hydrogen) atoms. The summed E-state index contributed by atoms with van der Waals surface area (Å²) in [5.41, 5.74) is 0. The first kappa shape index (κ1) is 56.4. The van der Waals surface area contributed by atoms with E-state index in [1.54, 1.807) is 0 Å². The summed E-state index contributed by atoms with van der Waals surface area (Å²) in [6.45, 7) is 9.02. The van der Waals surface area contributed by atoms with Gasteiger partial charge in [-0.3, -0.25) is 14.4 Å². The van der Waals surface area contributed by atoms with E-state index in [-0.39, 0.29) is 31.1 Å². The van der Waals surface area contributed by atoms with Gasteiger partial charge in [0.05, 0.1) is 0 Å². The van der Waals surface area contributed by atoms with E-state index in [9.17, 15) is 14.4 Å². The van der Waals surface area contributed by atoms with Crippen molar-refractivity contribution in [3.8, 4) is 0 Å². The van der Waals surface area contributed by atoms with E-state index in [1.165, 1.54) is 186 Å². The Hall–Kier alpha value is -1.59. The minimum absolute atomic E-state index is 0.0627. The predicted molar refractivity (Wildman–Crippen MR) is 247 cm³/mol. The predicted octanol–water partition coefficient (Wildman–Crippen LogP) is 16.7. The summed E-state index contributed by atoms with van der Waals surface area (Å²) >= 11 is 0. The van der Waals surface area contributed by atoms with E-state index >= 15 is 0 Å². The van der Waals surface area contributed by atoms with Gasteiger partial charge in [0.15, 0.2) is 6.10 Å². The fraction of sp³-hybridized carbons (Fsp3) is 0.942. The molecular weight excluding hydrogens is 721 g/mol. The van der Waals surface area contributed by atoms with Gasteiger partial charge in [-0.25, -0.2) is 0 Å². The average molecular weight is 821 g/mol. The zero-order valence-electron chi connectivity index (χ0n) is 39.5. The van der Waals surface area contributed by atoms with Crippen LogP contribution in [0.1, 0.15) is 291 Å². The third-order valence-corrected chi connectivity index (χ3v) is 11.8. The molecule has 0 aromatic carbocycles. The average Bonchev–Trinajstić information content (AvgIpc) is 3.21. The molecule has 0 spiro atoms. The van der Waals surface area contributed by atoms with Crippen molar-refractivity contribution in [1.29, 1.82) is 0 Å². The van der Waals surface area contributed by atoms with Gasteiger partial charge in [-0.05, 0) is 25.2 Å². The Morgan fingerprint density at radius 3 is 0.845 bits per heavy atom. The summed E-state index contributed by atoms with van der Waals surface area (Å²) in [5.74, 6) is -0.00820. The maximum absolute atomic E-state index is 12.8. The minimum atomic E-state index is -0.760. The summed E-state index contributed by atoms with van der Waals surface area (Å²) in [6, 6.07) is 0. The maximum atomic E-state index is 12.8. The summed E-state index contributed by atoms with van der Waals surface area (Å²) in [4.78, 5) is 37.9. The molecule has 6 heteroatoms. The van der Waals surface area contributed by atoms with Gasteiger partial charge >= 0.3 is 17.9 Å². The van der Waals surface area contributed by atoms with Crippen LogP contribution in [0.25, 0.3) is 0 Å². The van der Waals surface area contributed by atoms with Gasteiger partial charge in [0.2, 0.25) is 0 Å². The van der Waals surface area contributed by atoms with Crippen molar-refractivity contribution in [2.75, 3.05) is 13.2 Å². The quantitative estimate of drug-likeness (QED) is 0.0346. The van der Waals surface area contributed by atoms with Gasteiger partial charge < -0.3 is 14.2 Å². The van der Waals surface area contributed by atoms with E-state index in [1.807, 2.05) is 0 Å². The molecule has 0 fully saturated rings. The molecule has 0 aliphatic rings. The first-order valence-electron chi connectivity index (χ1n) is 25.9. The molecule has 0 saturated heterocycles. The van der Waals surface area contributed by atoms with Crippen molar-refractivity contribution in [1.82, 2.24) is 0 Å². The Labute approximate surface area is 361 Å². The number of hydrogen-bond donors (Lipinski definition) is 0. The third-order valence-electron chi connectivity index (χ3n) is 11.8. The maximum Gasteiger partial charge on any atom is 0.306 e. The van der Waals surface area contributed by atoms with Gasteiger partial charge in [-0.1, -0.05) is 252 Å². The van der Waals surface area contributed by atoms with Crippen molar-refractivity contribution in [2.24, 2.45) is 5.92 Å². The Morgan fingerprint density at radius 2 is 0.569 bits per heavy atom. The number of esters is 3. The van der Waals surface area contributed by atoms with Gasteiger partial charge in [0.25, 0.3) is 0 Å². The zero-order valence-corrected chi connectivity index (χ0v) is 39.5. The van der Waals surface area contributed by atoms with Crippen LogP contribution in [-0.4, -0.2) is 37.2 Å². The highest BCUT2D eigenvalue weighted by atomic mass is 16.6. The topological polar surface area (TPSA) is 78.9 Å². The fourth-order valence-corrected chi connectivity index (χ4v) is 7.86. The van der Waals surface area contributed by atoms with Gasteiger partial charge in [-0.2, -0.15) is 0 Å². The van der Waals surface area contributed by atoms with E-state index in [2.05, 4.69) is 27.7 Å². The number of carbonyl (C=O) groups is 3. The second kappa shape index (κ2) is 46.5. The number of hydrogen-bond acceptors (Lipinski definition) is 6. The van der Waals surface area contributed by atoms with Crippen molar-refractivity contribution in [3.63, 3.8) is 0 Å². The second-order valence-electron chi connectivity index (χ2n) is 18.3. The molecule has 1 atom stereocenters. The molecule has 0 aromatic heterocycles. The Kier molecular flexibility index (Phi) is 45.2. The molecule has 344 valence electrons. The summed E-state index contributed by atoms with van der Waals surface area (Å²) < 4.78 is 16.8. The normalized spacial score (nSPS) is 11.9. The lowest BCUT2D eigenvalue weighted by Crippen LogP contribution is -2.30. The smallest absolute Gasteiger partial charge is 0.306 e. The van der Waals surface area contributed by atoms with Crippen molar-refractivity contribution >= 4 is 17.9 Å². The van der Waals surface area contributed by atoms with E-state index in [0.717, 1.165) is 63.7 Å². The number of carbonyl (C=O) groups excluding carboxylic acids is 3. The fourth-order valence-electron chi connectivity index (χ4n) is 7.86. The Balaban J connectivity index is 4.26. The molecule has 0 bridgehead atoms. The van der Waals surface area contributed by atoms with Crippen LogP contribution in [0.15, 0.2) is 0 Å². The van der Waals surface area contributed by atoms with Crippen LogP contribution >= 0.6 is 0 Å². The van der Waals surface area contributed by atoms with Gasteiger partial charge in [0.1, 0.15) is 13.2 Å². The molecule has 0 heterocycles. The van der Waals surface area contributed by atoms with E-state index < -0.39 is 6.10 Å². The van der Waals surface area contributed by atoms with Crippen molar-refractivity contribution < 1.29 is 28.6 Å². The van der Waals surface area contributed by atoms with Crippen molar-refractivity contribution in [2.45, 2.75) is 297 Å². The molecule has 0 saturated carbocycles. The standard InChI is InChI=1S/C52H100O6/c1-5-7-9-11-13-15-16-17-18-21-24-28-32-36-40-44-51(54)57-47-49(46-56-50(53)43-39-35-31-26-14-12-10-8-6-2)58-52(55)45-41-37-33-29-25-22-19-20-23-27-30-34-38-42-48(3)4/h48-49H,5-47H2,1-4H3/t49-/m1/s1. The highest BCUT2D eigenvalue weighted by molar-refractivity contribution is 5.71. The zero-order chi connectivity index (χ0) is 42.4. The van der Waals surface area contributed by atoms with Crippen LogP contribution < -0.4 is 0 Å². The lowest BCUT2D eigenvalue weighted by atomic mass is 10.0. The molecule has 0 aliphatic heterocycles. The lowest BCUT2D eigenvalue weighted by Gasteiger charge is -2.18. The number of ether oxygens (including phenoxy) is 3. The van der Waals surface area contributed by atoms with Crippen LogP contribution in [0.4, 0.5) is 0 Å². The van der Waals surface area contributed by atoms with Crippen LogP contribution in [0, 0.1) is 5.92 Å². The molecule has 6 nitrogen and oxygen atoms in total. The Morgan fingerprint density at radius 1 is 0.328 bits per heavy atom. The highest BCUT2D eigenvalue weighted by Crippen LogP contribution is 2.17. The minimum Gasteiger partial charge on any atom is -0.462 e.